The highest BCUT2D eigenvalue weighted by Crippen LogP contribution is 2.44. The molecule has 0 unspecified atom stereocenters. The zero-order valence-corrected chi connectivity index (χ0v) is 28.2. The van der Waals surface area contributed by atoms with Crippen molar-refractivity contribution in [2.45, 2.75) is 0 Å². The van der Waals surface area contributed by atoms with Crippen LogP contribution in [0.1, 0.15) is 0 Å². The summed E-state index contributed by atoms with van der Waals surface area (Å²) in [6, 6.07) is 59.0. The molecule has 3 heterocycles. The Morgan fingerprint density at radius 1 is 0.333 bits per heavy atom. The molecule has 0 bridgehead atoms. The normalized spacial score (nSPS) is 11.5. The molecule has 0 fully saturated rings. The summed E-state index contributed by atoms with van der Waals surface area (Å²) in [7, 11) is 0. The number of thiophene rings is 1. The first-order valence-electron chi connectivity index (χ1n) is 17.0. The molecule has 0 atom stereocenters. The maximum Gasteiger partial charge on any atom is 0.161 e. The number of rotatable bonds is 5. The van der Waals surface area contributed by atoms with Gasteiger partial charge in [-0.25, -0.2) is 19.9 Å². The van der Waals surface area contributed by atoms with Gasteiger partial charge in [-0.15, -0.1) is 11.3 Å². The highest BCUT2D eigenvalue weighted by Gasteiger charge is 2.20. The van der Waals surface area contributed by atoms with E-state index in [1.807, 2.05) is 30.3 Å². The third-order valence-electron chi connectivity index (χ3n) is 9.52. The van der Waals surface area contributed by atoms with E-state index in [-0.39, 0.29) is 0 Å². The van der Waals surface area contributed by atoms with Crippen molar-refractivity contribution in [1.29, 1.82) is 0 Å². The molecular formula is C46H28N4S. The molecule has 4 nitrogen and oxygen atoms in total. The molecule has 0 saturated carbocycles. The van der Waals surface area contributed by atoms with Gasteiger partial charge in [0.15, 0.2) is 11.6 Å². The van der Waals surface area contributed by atoms with Crippen LogP contribution in [0.5, 0.6) is 0 Å². The van der Waals surface area contributed by atoms with Gasteiger partial charge in [-0.05, 0) is 35.4 Å². The fourth-order valence-electron chi connectivity index (χ4n) is 7.09. The lowest BCUT2D eigenvalue weighted by atomic mass is 10.0. The van der Waals surface area contributed by atoms with Crippen LogP contribution in [0.4, 0.5) is 0 Å². The Morgan fingerprint density at radius 3 is 1.47 bits per heavy atom. The molecule has 5 heteroatoms. The zero-order valence-electron chi connectivity index (χ0n) is 27.4. The average Bonchev–Trinajstić information content (AvgIpc) is 3.60. The minimum atomic E-state index is 0.711. The van der Waals surface area contributed by atoms with E-state index in [0.717, 1.165) is 70.9 Å². The number of hydrogen-bond acceptors (Lipinski definition) is 5. The molecule has 0 amide bonds. The second kappa shape index (κ2) is 12.1. The van der Waals surface area contributed by atoms with Crippen LogP contribution in [0.2, 0.25) is 0 Å². The Bertz CT molecular complexity index is 2900. The van der Waals surface area contributed by atoms with E-state index < -0.39 is 0 Å². The first-order chi connectivity index (χ1) is 25.3. The number of fused-ring (bicyclic) bond motifs is 5. The molecule has 0 aliphatic heterocycles. The third kappa shape index (κ3) is 5.06. The van der Waals surface area contributed by atoms with Crippen LogP contribution < -0.4 is 0 Å². The molecule has 3 aromatic heterocycles. The molecule has 0 saturated heterocycles. The molecule has 10 rings (SSSR count). The number of aromatic nitrogens is 4. The van der Waals surface area contributed by atoms with Crippen LogP contribution in [0.3, 0.4) is 0 Å². The van der Waals surface area contributed by atoms with Gasteiger partial charge in [-0.3, -0.25) is 0 Å². The number of para-hydroxylation sites is 2. The van der Waals surface area contributed by atoms with Gasteiger partial charge in [-0.1, -0.05) is 146 Å². The van der Waals surface area contributed by atoms with Crippen molar-refractivity contribution in [1.82, 2.24) is 19.9 Å². The van der Waals surface area contributed by atoms with E-state index in [9.17, 15) is 0 Å². The van der Waals surface area contributed by atoms with E-state index in [1.165, 1.54) is 15.8 Å². The smallest absolute Gasteiger partial charge is 0.161 e. The van der Waals surface area contributed by atoms with E-state index in [4.69, 9.17) is 19.9 Å². The summed E-state index contributed by atoms with van der Waals surface area (Å²) < 4.78 is 2.31. The van der Waals surface area contributed by atoms with Crippen LogP contribution in [0.25, 0.3) is 98.4 Å². The number of hydrogen-bond donors (Lipinski definition) is 0. The fraction of sp³-hybridized carbons (Fsp3) is 0. The van der Waals surface area contributed by atoms with Crippen LogP contribution >= 0.6 is 11.3 Å². The fourth-order valence-corrected chi connectivity index (χ4v) is 8.33. The maximum atomic E-state index is 5.29. The zero-order chi connectivity index (χ0) is 33.7. The first kappa shape index (κ1) is 29.4. The molecule has 10 aromatic rings. The van der Waals surface area contributed by atoms with Crippen LogP contribution in [-0.4, -0.2) is 19.9 Å². The standard InChI is InChI=1S/C46H28N4S/c1-3-13-29(14-4-1)30-25-27-32(28-26-30)43-34-18-8-10-23-39(34)48-46(50-43)37-21-11-19-35-41-36(20-12-24-40(41)51-44(35)37)45-47-38-22-9-7-17-33(38)42(49-45)31-15-5-2-6-16-31/h1-28H. The Hall–Kier alpha value is -6.56. The summed E-state index contributed by atoms with van der Waals surface area (Å²) in [6.45, 7) is 0. The van der Waals surface area contributed by atoms with Gasteiger partial charge in [0.2, 0.25) is 0 Å². The lowest BCUT2D eigenvalue weighted by Crippen LogP contribution is -1.96. The minimum Gasteiger partial charge on any atom is -0.228 e. The number of nitrogens with zero attached hydrogens (tertiary/aromatic N) is 4. The molecule has 238 valence electrons. The largest absolute Gasteiger partial charge is 0.228 e. The Morgan fingerprint density at radius 2 is 0.804 bits per heavy atom. The van der Waals surface area contributed by atoms with Crippen molar-refractivity contribution >= 4 is 53.3 Å². The number of benzene rings is 7. The molecule has 0 radical (unpaired) electrons. The topological polar surface area (TPSA) is 51.6 Å². The summed E-state index contributed by atoms with van der Waals surface area (Å²) in [5.41, 5.74) is 10.2. The summed E-state index contributed by atoms with van der Waals surface area (Å²) in [6.07, 6.45) is 0. The average molecular weight is 669 g/mol. The van der Waals surface area contributed by atoms with Gasteiger partial charge in [0.25, 0.3) is 0 Å². The van der Waals surface area contributed by atoms with Crippen molar-refractivity contribution in [3.05, 3.63) is 170 Å². The van der Waals surface area contributed by atoms with Crippen LogP contribution in [0.15, 0.2) is 170 Å². The van der Waals surface area contributed by atoms with Gasteiger partial charge >= 0.3 is 0 Å². The van der Waals surface area contributed by atoms with Crippen molar-refractivity contribution in [3.8, 4) is 56.4 Å². The first-order valence-corrected chi connectivity index (χ1v) is 17.8. The summed E-state index contributed by atoms with van der Waals surface area (Å²) in [4.78, 5) is 20.8. The van der Waals surface area contributed by atoms with Gasteiger partial charge in [0.05, 0.1) is 22.4 Å². The molecule has 0 aliphatic rings. The van der Waals surface area contributed by atoms with E-state index in [0.29, 0.717) is 11.6 Å². The quantitative estimate of drug-likeness (QED) is 0.183. The van der Waals surface area contributed by atoms with Crippen LogP contribution in [0, 0.1) is 0 Å². The molecule has 0 spiro atoms. The van der Waals surface area contributed by atoms with Crippen molar-refractivity contribution < 1.29 is 0 Å². The van der Waals surface area contributed by atoms with E-state index in [1.54, 1.807) is 11.3 Å². The second-order valence-corrected chi connectivity index (χ2v) is 13.7. The monoisotopic (exact) mass is 668 g/mol. The highest BCUT2D eigenvalue weighted by atomic mass is 32.1. The molecule has 51 heavy (non-hydrogen) atoms. The van der Waals surface area contributed by atoms with Gasteiger partial charge in [0, 0.05) is 53.2 Å². The van der Waals surface area contributed by atoms with Gasteiger partial charge in [0.1, 0.15) is 0 Å². The summed E-state index contributed by atoms with van der Waals surface area (Å²) >= 11 is 1.77. The SMILES string of the molecule is c1ccc(-c2ccc(-c3nc(-c4cccc5c4sc4cccc(-c6nc(-c7ccccc7)c7ccccc7n6)c45)nc4ccccc34)cc2)cc1. The summed E-state index contributed by atoms with van der Waals surface area (Å²) in [5, 5.41) is 4.36. The highest BCUT2D eigenvalue weighted by molar-refractivity contribution is 7.26. The second-order valence-electron chi connectivity index (χ2n) is 12.6. The molecule has 0 aliphatic carbocycles. The van der Waals surface area contributed by atoms with Crippen LogP contribution in [-0.2, 0) is 0 Å². The van der Waals surface area contributed by atoms with Crippen molar-refractivity contribution in [2.75, 3.05) is 0 Å². The predicted octanol–water partition coefficient (Wildman–Crippen LogP) is 12.3. The van der Waals surface area contributed by atoms with Gasteiger partial charge in [-0.2, -0.15) is 0 Å². The Balaban J connectivity index is 1.15. The Labute approximate surface area is 298 Å². The van der Waals surface area contributed by atoms with Gasteiger partial charge < -0.3 is 0 Å². The Kier molecular flexibility index (Phi) is 6.96. The lowest BCUT2D eigenvalue weighted by molar-refractivity contribution is 1.23. The van der Waals surface area contributed by atoms with E-state index in [2.05, 4.69) is 140 Å². The molecular weight excluding hydrogens is 641 g/mol. The third-order valence-corrected chi connectivity index (χ3v) is 10.7. The van der Waals surface area contributed by atoms with Crippen molar-refractivity contribution in [3.63, 3.8) is 0 Å². The maximum absolute atomic E-state index is 5.29. The lowest BCUT2D eigenvalue weighted by Gasteiger charge is -2.11. The summed E-state index contributed by atoms with van der Waals surface area (Å²) in [5.74, 6) is 1.43. The molecule has 7 aromatic carbocycles. The minimum absolute atomic E-state index is 0.711. The van der Waals surface area contributed by atoms with E-state index >= 15 is 0 Å². The predicted molar refractivity (Wildman–Crippen MR) is 213 cm³/mol. The molecule has 0 N–H and O–H groups in total. The van der Waals surface area contributed by atoms with Crippen molar-refractivity contribution in [2.24, 2.45) is 0 Å².